The molecule has 0 aliphatic heterocycles. The molecule has 2 rings (SSSR count). The highest BCUT2D eigenvalue weighted by Crippen LogP contribution is 2.29. The number of pyridine rings is 1. The van der Waals surface area contributed by atoms with Gasteiger partial charge in [-0.1, -0.05) is 11.6 Å². The van der Waals surface area contributed by atoms with Crippen LogP contribution in [0.2, 0.25) is 5.02 Å². The van der Waals surface area contributed by atoms with Crippen molar-refractivity contribution in [3.05, 3.63) is 39.2 Å². The molecule has 20 heavy (non-hydrogen) atoms. The lowest BCUT2D eigenvalue weighted by molar-refractivity contribution is 0.599. The minimum absolute atomic E-state index is 0.134. The van der Waals surface area contributed by atoms with Gasteiger partial charge in [-0.15, -0.1) is 11.3 Å². The van der Waals surface area contributed by atoms with Crippen LogP contribution in [0.5, 0.6) is 0 Å². The molecule has 0 atom stereocenters. The van der Waals surface area contributed by atoms with E-state index in [1.165, 1.54) is 17.5 Å². The van der Waals surface area contributed by atoms with Gasteiger partial charge >= 0.3 is 0 Å². The van der Waals surface area contributed by atoms with E-state index < -0.39 is 10.0 Å². The molecule has 2 heterocycles. The van der Waals surface area contributed by atoms with Gasteiger partial charge in [0.05, 0.1) is 5.02 Å². The number of aromatic nitrogens is 1. The largest absolute Gasteiger partial charge is 0.315 e. The summed E-state index contributed by atoms with van der Waals surface area (Å²) in [7, 11) is -1.93. The van der Waals surface area contributed by atoms with Crippen LogP contribution in [0.3, 0.4) is 0 Å². The van der Waals surface area contributed by atoms with Crippen molar-refractivity contribution in [1.29, 1.82) is 0 Å². The standard InChI is InChI=1S/C12H14ClN3O2S2/c1-8-7-19-10(6-14-2)11(8)20(17,18)16-12-9(13)4-3-5-15-12/h3-5,7,14H,6H2,1-2H3,(H,15,16). The van der Waals surface area contributed by atoms with E-state index >= 15 is 0 Å². The average molecular weight is 332 g/mol. The molecule has 0 unspecified atom stereocenters. The molecule has 2 aromatic rings. The van der Waals surface area contributed by atoms with Crippen LogP contribution in [0.25, 0.3) is 0 Å². The van der Waals surface area contributed by atoms with Crippen molar-refractivity contribution in [2.24, 2.45) is 0 Å². The first-order valence-corrected chi connectivity index (χ1v) is 8.54. The Morgan fingerprint density at radius 2 is 2.20 bits per heavy atom. The number of aryl methyl sites for hydroxylation is 1. The monoisotopic (exact) mass is 331 g/mol. The first-order valence-electron chi connectivity index (χ1n) is 5.80. The molecule has 0 amide bonds. The fourth-order valence-electron chi connectivity index (χ4n) is 1.77. The highest BCUT2D eigenvalue weighted by molar-refractivity contribution is 7.93. The summed E-state index contributed by atoms with van der Waals surface area (Å²) >= 11 is 7.34. The molecule has 0 fully saturated rings. The quantitative estimate of drug-likeness (QED) is 0.883. The minimum atomic E-state index is -3.70. The molecule has 5 nitrogen and oxygen atoms in total. The molecule has 2 aromatic heterocycles. The highest BCUT2D eigenvalue weighted by Gasteiger charge is 2.23. The van der Waals surface area contributed by atoms with Crippen molar-refractivity contribution in [1.82, 2.24) is 10.3 Å². The number of rotatable bonds is 5. The summed E-state index contributed by atoms with van der Waals surface area (Å²) in [5, 5.41) is 5.05. The van der Waals surface area contributed by atoms with Crippen LogP contribution >= 0.6 is 22.9 Å². The van der Waals surface area contributed by atoms with Crippen LogP contribution in [-0.4, -0.2) is 20.4 Å². The van der Waals surface area contributed by atoms with Crippen LogP contribution in [-0.2, 0) is 16.6 Å². The molecule has 0 bridgehead atoms. The van der Waals surface area contributed by atoms with E-state index in [0.717, 1.165) is 4.88 Å². The van der Waals surface area contributed by atoms with Gasteiger partial charge in [-0.25, -0.2) is 13.4 Å². The Hall–Kier alpha value is -1.15. The van der Waals surface area contributed by atoms with Gasteiger partial charge in [-0.05, 0) is 37.0 Å². The predicted molar refractivity (Wildman–Crippen MR) is 81.9 cm³/mol. The maximum Gasteiger partial charge on any atom is 0.264 e. The number of anilines is 1. The SMILES string of the molecule is CNCc1scc(C)c1S(=O)(=O)Nc1ncccc1Cl. The van der Waals surface area contributed by atoms with Crippen LogP contribution in [0.4, 0.5) is 5.82 Å². The topological polar surface area (TPSA) is 71.1 Å². The number of hydrogen-bond donors (Lipinski definition) is 2. The van der Waals surface area contributed by atoms with E-state index in [2.05, 4.69) is 15.0 Å². The van der Waals surface area contributed by atoms with Gasteiger partial charge in [-0.2, -0.15) is 0 Å². The van der Waals surface area contributed by atoms with Gasteiger partial charge in [0.2, 0.25) is 0 Å². The number of halogens is 1. The normalized spacial score (nSPS) is 11.6. The lowest BCUT2D eigenvalue weighted by Crippen LogP contribution is -2.17. The Bertz CT molecular complexity index is 713. The van der Waals surface area contributed by atoms with Gasteiger partial charge in [-0.3, -0.25) is 4.72 Å². The van der Waals surface area contributed by atoms with Gasteiger partial charge in [0, 0.05) is 17.6 Å². The molecule has 108 valence electrons. The van der Waals surface area contributed by atoms with Gasteiger partial charge in [0.25, 0.3) is 10.0 Å². The smallest absolute Gasteiger partial charge is 0.264 e. The Kier molecular flexibility index (Phi) is 4.64. The molecule has 0 aliphatic rings. The summed E-state index contributed by atoms with van der Waals surface area (Å²) in [6.07, 6.45) is 1.48. The molecule has 0 aromatic carbocycles. The summed E-state index contributed by atoms with van der Waals surface area (Å²) in [6.45, 7) is 2.26. The van der Waals surface area contributed by atoms with Crippen LogP contribution < -0.4 is 10.0 Å². The summed E-state index contributed by atoms with van der Waals surface area (Å²) < 4.78 is 27.4. The number of hydrogen-bond acceptors (Lipinski definition) is 5. The summed E-state index contributed by atoms with van der Waals surface area (Å²) in [4.78, 5) is 4.99. The number of sulfonamides is 1. The van der Waals surface area contributed by atoms with Crippen molar-refractivity contribution in [2.45, 2.75) is 18.4 Å². The van der Waals surface area contributed by atoms with E-state index in [1.807, 2.05) is 5.38 Å². The number of nitrogens with zero attached hydrogens (tertiary/aromatic N) is 1. The van der Waals surface area contributed by atoms with E-state index in [0.29, 0.717) is 17.0 Å². The van der Waals surface area contributed by atoms with Crippen LogP contribution in [0, 0.1) is 6.92 Å². The first-order chi connectivity index (χ1) is 9.45. The predicted octanol–water partition coefficient (Wildman–Crippen LogP) is 2.63. The first kappa shape index (κ1) is 15.2. The molecule has 0 aliphatic carbocycles. The Balaban J connectivity index is 2.41. The highest BCUT2D eigenvalue weighted by atomic mass is 35.5. The second-order valence-corrected chi connectivity index (χ2v) is 7.13. The summed E-state index contributed by atoms with van der Waals surface area (Å²) in [5.74, 6) is 0.134. The maximum atomic E-state index is 12.5. The molecule has 0 saturated carbocycles. The zero-order valence-corrected chi connectivity index (χ0v) is 13.4. The van der Waals surface area contributed by atoms with Crippen molar-refractivity contribution in [2.75, 3.05) is 11.8 Å². The maximum absolute atomic E-state index is 12.5. The van der Waals surface area contributed by atoms with E-state index in [1.54, 1.807) is 26.1 Å². The molecule has 0 spiro atoms. The Labute approximate surface area is 127 Å². The summed E-state index contributed by atoms with van der Waals surface area (Å²) in [6, 6.07) is 3.23. The van der Waals surface area contributed by atoms with Crippen molar-refractivity contribution in [3.63, 3.8) is 0 Å². The minimum Gasteiger partial charge on any atom is -0.315 e. The Morgan fingerprint density at radius 1 is 1.45 bits per heavy atom. The summed E-state index contributed by atoms with van der Waals surface area (Å²) in [5.41, 5.74) is 0.708. The lowest BCUT2D eigenvalue weighted by atomic mass is 10.3. The van der Waals surface area contributed by atoms with Crippen molar-refractivity contribution >= 4 is 38.8 Å². The third kappa shape index (κ3) is 3.12. The van der Waals surface area contributed by atoms with E-state index in [-0.39, 0.29) is 10.8 Å². The van der Waals surface area contributed by atoms with Gasteiger partial charge in [0.15, 0.2) is 5.82 Å². The van der Waals surface area contributed by atoms with Gasteiger partial charge in [0.1, 0.15) is 4.90 Å². The third-order valence-electron chi connectivity index (χ3n) is 2.58. The van der Waals surface area contributed by atoms with Crippen molar-refractivity contribution in [3.8, 4) is 0 Å². The van der Waals surface area contributed by atoms with Crippen molar-refractivity contribution < 1.29 is 8.42 Å². The van der Waals surface area contributed by atoms with Gasteiger partial charge < -0.3 is 5.32 Å². The second-order valence-electron chi connectivity index (χ2n) is 4.14. The molecular weight excluding hydrogens is 318 g/mol. The molecule has 8 heteroatoms. The zero-order chi connectivity index (χ0) is 14.8. The van der Waals surface area contributed by atoms with Crippen LogP contribution in [0.1, 0.15) is 10.4 Å². The molecular formula is C12H14ClN3O2S2. The number of nitrogens with one attached hydrogen (secondary N) is 2. The molecule has 0 saturated heterocycles. The number of thiophene rings is 1. The molecule has 2 N–H and O–H groups in total. The zero-order valence-electron chi connectivity index (χ0n) is 11.0. The lowest BCUT2D eigenvalue weighted by Gasteiger charge is -2.10. The Morgan fingerprint density at radius 3 is 2.85 bits per heavy atom. The van der Waals surface area contributed by atoms with E-state index in [9.17, 15) is 8.42 Å². The fraction of sp³-hybridized carbons (Fsp3) is 0.250. The second kappa shape index (κ2) is 6.09. The molecule has 0 radical (unpaired) electrons. The van der Waals surface area contributed by atoms with Crippen LogP contribution in [0.15, 0.2) is 28.6 Å². The fourth-order valence-corrected chi connectivity index (χ4v) is 4.85. The van der Waals surface area contributed by atoms with E-state index in [4.69, 9.17) is 11.6 Å². The average Bonchev–Trinajstić information content (AvgIpc) is 2.74. The third-order valence-corrected chi connectivity index (χ3v) is 5.69.